The number of hydrogen-bond donors (Lipinski definition) is 1. The average molecular weight is 258 g/mol. The highest BCUT2D eigenvalue weighted by Gasteiger charge is 2.10. The first-order valence-electron chi connectivity index (χ1n) is 6.03. The first-order chi connectivity index (χ1) is 8.68. The Balaban J connectivity index is 2.03. The monoisotopic (exact) mass is 258 g/mol. The van der Waals surface area contributed by atoms with Crippen molar-refractivity contribution in [3.05, 3.63) is 59.4 Å². The molecule has 2 N–H and O–H groups in total. The molecule has 1 heterocycles. The van der Waals surface area contributed by atoms with Crippen molar-refractivity contribution in [1.29, 1.82) is 0 Å². The Morgan fingerprint density at radius 2 is 1.94 bits per heavy atom. The van der Waals surface area contributed by atoms with Crippen LogP contribution >= 0.6 is 11.8 Å². The summed E-state index contributed by atoms with van der Waals surface area (Å²) in [6.07, 6.45) is 3.68. The lowest BCUT2D eigenvalue weighted by Crippen LogP contribution is -2.14. The van der Waals surface area contributed by atoms with Crippen LogP contribution in [0.25, 0.3) is 0 Å². The SMILES string of the molecule is Cc1ccccc1SCC(N)c1cnccc1C. The first kappa shape index (κ1) is 13.1. The van der Waals surface area contributed by atoms with E-state index in [0.717, 1.165) is 11.3 Å². The molecule has 0 spiro atoms. The van der Waals surface area contributed by atoms with Crippen molar-refractivity contribution in [2.75, 3.05) is 5.75 Å². The molecule has 0 saturated carbocycles. The minimum Gasteiger partial charge on any atom is -0.323 e. The summed E-state index contributed by atoms with van der Waals surface area (Å²) in [6, 6.07) is 10.4. The molecule has 3 heteroatoms. The topological polar surface area (TPSA) is 38.9 Å². The maximum atomic E-state index is 6.23. The second-order valence-electron chi connectivity index (χ2n) is 4.42. The van der Waals surface area contributed by atoms with Crippen LogP contribution in [0.5, 0.6) is 0 Å². The number of benzene rings is 1. The molecule has 0 aliphatic carbocycles. The van der Waals surface area contributed by atoms with Crippen molar-refractivity contribution in [1.82, 2.24) is 4.98 Å². The predicted octanol–water partition coefficient (Wildman–Crippen LogP) is 3.49. The van der Waals surface area contributed by atoms with Gasteiger partial charge in [-0.05, 0) is 42.7 Å². The van der Waals surface area contributed by atoms with Crippen LogP contribution in [0.1, 0.15) is 22.7 Å². The van der Waals surface area contributed by atoms with Crippen LogP contribution in [0, 0.1) is 13.8 Å². The Labute approximate surface area is 113 Å². The molecule has 2 nitrogen and oxygen atoms in total. The van der Waals surface area contributed by atoms with E-state index in [2.05, 4.69) is 43.1 Å². The molecule has 0 bridgehead atoms. The third-order valence-corrected chi connectivity index (χ3v) is 4.29. The standard InChI is InChI=1S/C15H18N2S/c1-11-7-8-17-9-13(11)14(16)10-18-15-6-4-3-5-12(15)2/h3-9,14H,10,16H2,1-2H3. The fraction of sp³-hybridized carbons (Fsp3) is 0.267. The van der Waals surface area contributed by atoms with Gasteiger partial charge in [0.1, 0.15) is 0 Å². The van der Waals surface area contributed by atoms with Crippen molar-refractivity contribution in [2.24, 2.45) is 5.73 Å². The first-order valence-corrected chi connectivity index (χ1v) is 7.01. The summed E-state index contributed by atoms with van der Waals surface area (Å²) < 4.78 is 0. The summed E-state index contributed by atoms with van der Waals surface area (Å²) in [5.74, 6) is 0.872. The molecule has 1 atom stereocenters. The van der Waals surface area contributed by atoms with Crippen LogP contribution in [0.15, 0.2) is 47.6 Å². The molecule has 2 aromatic rings. The van der Waals surface area contributed by atoms with Gasteiger partial charge < -0.3 is 5.73 Å². The van der Waals surface area contributed by atoms with Gasteiger partial charge in [-0.25, -0.2) is 0 Å². The van der Waals surface area contributed by atoms with Crippen molar-refractivity contribution < 1.29 is 0 Å². The van der Waals surface area contributed by atoms with Crippen molar-refractivity contribution in [3.8, 4) is 0 Å². The van der Waals surface area contributed by atoms with Gasteiger partial charge in [0.2, 0.25) is 0 Å². The van der Waals surface area contributed by atoms with Crippen LogP contribution < -0.4 is 5.73 Å². The molecule has 1 unspecified atom stereocenters. The highest BCUT2D eigenvalue weighted by atomic mass is 32.2. The molecule has 0 aliphatic heterocycles. The quantitative estimate of drug-likeness (QED) is 0.853. The maximum Gasteiger partial charge on any atom is 0.0408 e. The average Bonchev–Trinajstić information content (AvgIpc) is 2.38. The molecule has 0 radical (unpaired) electrons. The van der Waals surface area contributed by atoms with Crippen LogP contribution in [0.3, 0.4) is 0 Å². The van der Waals surface area contributed by atoms with Gasteiger partial charge in [-0.2, -0.15) is 0 Å². The van der Waals surface area contributed by atoms with Crippen molar-refractivity contribution in [2.45, 2.75) is 24.8 Å². The van der Waals surface area contributed by atoms with Gasteiger partial charge in [-0.3, -0.25) is 4.98 Å². The van der Waals surface area contributed by atoms with Crippen LogP contribution in [0.2, 0.25) is 0 Å². The molecule has 1 aromatic heterocycles. The second kappa shape index (κ2) is 6.03. The smallest absolute Gasteiger partial charge is 0.0408 e. The number of hydrogen-bond acceptors (Lipinski definition) is 3. The molecule has 2 rings (SSSR count). The second-order valence-corrected chi connectivity index (χ2v) is 5.48. The molecule has 1 aromatic carbocycles. The van der Waals surface area contributed by atoms with Gasteiger partial charge >= 0.3 is 0 Å². The Bertz CT molecular complexity index is 525. The van der Waals surface area contributed by atoms with E-state index in [9.17, 15) is 0 Å². The third kappa shape index (κ3) is 3.12. The van der Waals surface area contributed by atoms with Gasteiger partial charge in [-0.15, -0.1) is 11.8 Å². The number of aryl methyl sites for hydroxylation is 2. The molecule has 0 amide bonds. The Kier molecular flexibility index (Phi) is 4.39. The minimum absolute atomic E-state index is 0.0308. The summed E-state index contributed by atoms with van der Waals surface area (Å²) in [4.78, 5) is 5.45. The van der Waals surface area contributed by atoms with E-state index in [1.807, 2.05) is 12.3 Å². The number of aromatic nitrogens is 1. The zero-order valence-electron chi connectivity index (χ0n) is 10.8. The molecular weight excluding hydrogens is 240 g/mol. The minimum atomic E-state index is 0.0308. The Hall–Kier alpha value is -1.32. The van der Waals surface area contributed by atoms with E-state index < -0.39 is 0 Å². The summed E-state index contributed by atoms with van der Waals surface area (Å²) in [6.45, 7) is 4.21. The lowest BCUT2D eigenvalue weighted by molar-refractivity contribution is 0.815. The highest BCUT2D eigenvalue weighted by Crippen LogP contribution is 2.26. The lowest BCUT2D eigenvalue weighted by atomic mass is 10.1. The Morgan fingerprint density at radius 3 is 2.67 bits per heavy atom. The van der Waals surface area contributed by atoms with E-state index in [1.165, 1.54) is 16.0 Å². The van der Waals surface area contributed by atoms with Crippen molar-refractivity contribution >= 4 is 11.8 Å². The number of thioether (sulfide) groups is 1. The molecule has 94 valence electrons. The molecule has 0 fully saturated rings. The molecule has 0 saturated heterocycles. The van der Waals surface area contributed by atoms with E-state index >= 15 is 0 Å². The number of nitrogens with two attached hydrogens (primary N) is 1. The lowest BCUT2D eigenvalue weighted by Gasteiger charge is -2.14. The normalized spacial score (nSPS) is 12.4. The van der Waals surface area contributed by atoms with Crippen molar-refractivity contribution in [3.63, 3.8) is 0 Å². The fourth-order valence-corrected chi connectivity index (χ4v) is 2.86. The zero-order chi connectivity index (χ0) is 13.0. The van der Waals surface area contributed by atoms with E-state index in [0.29, 0.717) is 0 Å². The van der Waals surface area contributed by atoms with Crippen LogP contribution in [0.4, 0.5) is 0 Å². The zero-order valence-corrected chi connectivity index (χ0v) is 11.6. The van der Waals surface area contributed by atoms with E-state index in [-0.39, 0.29) is 6.04 Å². The largest absolute Gasteiger partial charge is 0.323 e. The van der Waals surface area contributed by atoms with Gasteiger partial charge in [0.15, 0.2) is 0 Å². The van der Waals surface area contributed by atoms with Gasteiger partial charge in [0, 0.05) is 29.1 Å². The summed E-state index contributed by atoms with van der Waals surface area (Å²) in [5, 5.41) is 0. The number of nitrogens with zero attached hydrogens (tertiary/aromatic N) is 1. The Morgan fingerprint density at radius 1 is 1.17 bits per heavy atom. The third-order valence-electron chi connectivity index (χ3n) is 2.99. The van der Waals surface area contributed by atoms with Gasteiger partial charge in [-0.1, -0.05) is 18.2 Å². The summed E-state index contributed by atoms with van der Waals surface area (Å²) in [5.41, 5.74) is 9.88. The predicted molar refractivity (Wildman–Crippen MR) is 77.8 cm³/mol. The molecular formula is C15H18N2S. The van der Waals surface area contributed by atoms with E-state index in [1.54, 1.807) is 18.0 Å². The number of rotatable bonds is 4. The number of pyridine rings is 1. The van der Waals surface area contributed by atoms with Gasteiger partial charge in [0.05, 0.1) is 0 Å². The van der Waals surface area contributed by atoms with Crippen LogP contribution in [-0.4, -0.2) is 10.7 Å². The summed E-state index contributed by atoms with van der Waals surface area (Å²) in [7, 11) is 0. The summed E-state index contributed by atoms with van der Waals surface area (Å²) >= 11 is 1.81. The molecule has 0 aliphatic rings. The maximum absolute atomic E-state index is 6.23. The molecule has 18 heavy (non-hydrogen) atoms. The van der Waals surface area contributed by atoms with E-state index in [4.69, 9.17) is 5.73 Å². The fourth-order valence-electron chi connectivity index (χ4n) is 1.85. The highest BCUT2D eigenvalue weighted by molar-refractivity contribution is 7.99. The van der Waals surface area contributed by atoms with Gasteiger partial charge in [0.25, 0.3) is 0 Å². The van der Waals surface area contributed by atoms with Crippen LogP contribution in [-0.2, 0) is 0 Å².